The number of hydrogen-bond donors (Lipinski definition) is 2. The fourth-order valence-corrected chi connectivity index (χ4v) is 1.46. The van der Waals surface area contributed by atoms with Crippen molar-refractivity contribution in [3.63, 3.8) is 0 Å². The normalized spacial score (nSPS) is 12.2. The van der Waals surface area contributed by atoms with E-state index in [0.717, 1.165) is 0 Å². The topological polar surface area (TPSA) is 75.1 Å². The average Bonchev–Trinajstić information content (AvgIpc) is 2.29. The Balaban J connectivity index is 2.89. The maximum absolute atomic E-state index is 11.7. The van der Waals surface area contributed by atoms with Gasteiger partial charge in [-0.15, -0.1) is 0 Å². The first-order chi connectivity index (χ1) is 7.58. The number of carbonyl (C=O) groups is 1. The fraction of sp³-hybridized carbons (Fsp3) is 0.444. The third-order valence-corrected chi connectivity index (χ3v) is 2.61. The highest BCUT2D eigenvalue weighted by molar-refractivity contribution is 7.98. The lowest BCUT2D eigenvalue weighted by atomic mass is 10.3. The molecule has 0 radical (unpaired) electrons. The number of halogens is 1. The maximum atomic E-state index is 11.7. The van der Waals surface area contributed by atoms with Crippen molar-refractivity contribution in [1.29, 1.82) is 0 Å². The minimum Gasteiger partial charge on any atom is -0.394 e. The van der Waals surface area contributed by atoms with Crippen molar-refractivity contribution in [2.45, 2.75) is 18.1 Å². The smallest absolute Gasteiger partial charge is 0.271 e. The number of rotatable bonds is 4. The summed E-state index contributed by atoms with van der Waals surface area (Å²) in [6.07, 6.45) is 3.19. The number of hydrogen-bond acceptors (Lipinski definition) is 5. The molecule has 1 aromatic heterocycles. The average molecular weight is 262 g/mol. The molecule has 1 heterocycles. The minimum atomic E-state index is -0.413. The van der Waals surface area contributed by atoms with Crippen LogP contribution in [0.3, 0.4) is 0 Å². The molecule has 0 spiro atoms. The number of aliphatic hydroxyl groups is 1. The summed E-state index contributed by atoms with van der Waals surface area (Å²) in [5.74, 6) is -0.413. The molecule has 0 bridgehead atoms. The van der Waals surface area contributed by atoms with E-state index in [1.54, 1.807) is 13.2 Å². The van der Waals surface area contributed by atoms with Crippen LogP contribution in [-0.4, -0.2) is 39.9 Å². The quantitative estimate of drug-likeness (QED) is 0.624. The van der Waals surface area contributed by atoms with E-state index in [4.69, 9.17) is 16.7 Å². The SMILES string of the molecule is CSc1ncc(Cl)c(C(=O)N[C@@H](C)CO)n1. The highest BCUT2D eigenvalue weighted by Gasteiger charge is 2.15. The summed E-state index contributed by atoms with van der Waals surface area (Å²) in [5, 5.41) is 12.1. The molecule has 1 atom stereocenters. The van der Waals surface area contributed by atoms with E-state index in [2.05, 4.69) is 15.3 Å². The molecule has 2 N–H and O–H groups in total. The summed E-state index contributed by atoms with van der Waals surface area (Å²) in [6.45, 7) is 1.55. The van der Waals surface area contributed by atoms with Gasteiger partial charge in [0.1, 0.15) is 0 Å². The Morgan fingerprint density at radius 3 is 3.00 bits per heavy atom. The van der Waals surface area contributed by atoms with Gasteiger partial charge in [-0.3, -0.25) is 4.79 Å². The number of amides is 1. The molecular formula is C9H12ClN3O2S. The van der Waals surface area contributed by atoms with E-state index < -0.39 is 5.91 Å². The number of aliphatic hydroxyl groups excluding tert-OH is 1. The fourth-order valence-electron chi connectivity index (χ4n) is 0.946. The number of thioether (sulfide) groups is 1. The molecule has 16 heavy (non-hydrogen) atoms. The molecule has 0 saturated heterocycles. The molecule has 0 aromatic carbocycles. The number of nitrogens with zero attached hydrogens (tertiary/aromatic N) is 2. The van der Waals surface area contributed by atoms with Crippen LogP contribution in [0.1, 0.15) is 17.4 Å². The van der Waals surface area contributed by atoms with Crippen LogP contribution in [0.4, 0.5) is 0 Å². The Bertz CT molecular complexity index is 389. The van der Waals surface area contributed by atoms with Crippen molar-refractivity contribution >= 4 is 29.3 Å². The van der Waals surface area contributed by atoms with Crippen molar-refractivity contribution in [3.05, 3.63) is 16.9 Å². The van der Waals surface area contributed by atoms with Gasteiger partial charge in [0.05, 0.1) is 17.8 Å². The van der Waals surface area contributed by atoms with Gasteiger partial charge >= 0.3 is 0 Å². The molecule has 0 unspecified atom stereocenters. The first-order valence-corrected chi connectivity index (χ1v) is 6.17. The van der Waals surface area contributed by atoms with Gasteiger partial charge in [-0.1, -0.05) is 23.4 Å². The predicted octanol–water partition coefficient (Wildman–Crippen LogP) is 0.962. The van der Waals surface area contributed by atoms with Gasteiger partial charge in [0, 0.05) is 6.04 Å². The molecule has 0 aliphatic heterocycles. The predicted molar refractivity (Wildman–Crippen MR) is 62.8 cm³/mol. The van der Waals surface area contributed by atoms with Crippen molar-refractivity contribution in [2.75, 3.05) is 12.9 Å². The van der Waals surface area contributed by atoms with Gasteiger partial charge in [0.25, 0.3) is 5.91 Å². The van der Waals surface area contributed by atoms with E-state index in [-0.39, 0.29) is 23.4 Å². The van der Waals surface area contributed by atoms with Crippen molar-refractivity contribution in [2.24, 2.45) is 0 Å². The van der Waals surface area contributed by atoms with Crippen LogP contribution in [0, 0.1) is 0 Å². The monoisotopic (exact) mass is 261 g/mol. The molecule has 0 fully saturated rings. The summed E-state index contributed by atoms with van der Waals surface area (Å²) in [5.41, 5.74) is 0.126. The summed E-state index contributed by atoms with van der Waals surface area (Å²) >= 11 is 7.14. The van der Waals surface area contributed by atoms with Gasteiger partial charge in [0.15, 0.2) is 10.9 Å². The van der Waals surface area contributed by atoms with Crippen LogP contribution in [0.15, 0.2) is 11.4 Å². The molecule has 1 rings (SSSR count). The van der Waals surface area contributed by atoms with Crippen LogP contribution in [0.5, 0.6) is 0 Å². The highest BCUT2D eigenvalue weighted by Crippen LogP contribution is 2.16. The van der Waals surface area contributed by atoms with Crippen molar-refractivity contribution in [3.8, 4) is 0 Å². The van der Waals surface area contributed by atoms with Crippen LogP contribution in [0.2, 0.25) is 5.02 Å². The number of nitrogens with one attached hydrogen (secondary N) is 1. The Labute approximate surface area is 103 Å². The van der Waals surface area contributed by atoms with E-state index in [0.29, 0.717) is 5.16 Å². The lowest BCUT2D eigenvalue weighted by molar-refractivity contribution is 0.0916. The van der Waals surface area contributed by atoms with E-state index >= 15 is 0 Å². The van der Waals surface area contributed by atoms with Crippen LogP contribution in [0.25, 0.3) is 0 Å². The molecular weight excluding hydrogens is 250 g/mol. The number of carbonyl (C=O) groups excluding carboxylic acids is 1. The van der Waals surface area contributed by atoms with Gasteiger partial charge in [-0.2, -0.15) is 0 Å². The lowest BCUT2D eigenvalue weighted by Crippen LogP contribution is -2.35. The molecule has 0 aliphatic rings. The van der Waals surface area contributed by atoms with E-state index in [1.165, 1.54) is 18.0 Å². The zero-order valence-electron chi connectivity index (χ0n) is 8.90. The Hall–Kier alpha value is -0.850. The van der Waals surface area contributed by atoms with Crippen LogP contribution >= 0.6 is 23.4 Å². The van der Waals surface area contributed by atoms with E-state index in [9.17, 15) is 4.79 Å². The third-order valence-electron chi connectivity index (χ3n) is 1.77. The van der Waals surface area contributed by atoms with Gasteiger partial charge in [-0.25, -0.2) is 9.97 Å². The Morgan fingerprint density at radius 2 is 2.44 bits per heavy atom. The lowest BCUT2D eigenvalue weighted by Gasteiger charge is -2.11. The first-order valence-electron chi connectivity index (χ1n) is 4.56. The summed E-state index contributed by atoms with van der Waals surface area (Å²) < 4.78 is 0. The zero-order valence-corrected chi connectivity index (χ0v) is 10.5. The minimum absolute atomic E-state index is 0.126. The standard InChI is InChI=1S/C9H12ClN3O2S/c1-5(4-14)12-8(15)7-6(10)3-11-9(13-7)16-2/h3,5,14H,4H2,1-2H3,(H,12,15)/t5-/m0/s1. The second-order valence-electron chi connectivity index (χ2n) is 3.11. The molecule has 7 heteroatoms. The van der Waals surface area contributed by atoms with Crippen LogP contribution < -0.4 is 5.32 Å². The van der Waals surface area contributed by atoms with Crippen LogP contribution in [-0.2, 0) is 0 Å². The van der Waals surface area contributed by atoms with Gasteiger partial charge in [0.2, 0.25) is 0 Å². The van der Waals surface area contributed by atoms with Crippen molar-refractivity contribution in [1.82, 2.24) is 15.3 Å². The first kappa shape index (κ1) is 13.2. The largest absolute Gasteiger partial charge is 0.394 e. The molecule has 1 aromatic rings. The zero-order chi connectivity index (χ0) is 12.1. The molecule has 0 aliphatic carbocycles. The second-order valence-corrected chi connectivity index (χ2v) is 4.29. The van der Waals surface area contributed by atoms with E-state index in [1.807, 2.05) is 0 Å². The van der Waals surface area contributed by atoms with Gasteiger partial charge in [-0.05, 0) is 13.2 Å². The Kier molecular flexibility index (Phi) is 4.98. The molecule has 88 valence electrons. The summed E-state index contributed by atoms with van der Waals surface area (Å²) in [6, 6.07) is -0.337. The second kappa shape index (κ2) is 6.03. The molecule has 0 saturated carbocycles. The van der Waals surface area contributed by atoms with Gasteiger partial charge < -0.3 is 10.4 Å². The molecule has 5 nitrogen and oxygen atoms in total. The highest BCUT2D eigenvalue weighted by atomic mass is 35.5. The Morgan fingerprint density at radius 1 is 1.75 bits per heavy atom. The summed E-state index contributed by atoms with van der Waals surface area (Å²) in [4.78, 5) is 19.6. The van der Waals surface area contributed by atoms with Crippen molar-refractivity contribution < 1.29 is 9.90 Å². The summed E-state index contributed by atoms with van der Waals surface area (Å²) in [7, 11) is 0. The molecule has 1 amide bonds. The maximum Gasteiger partial charge on any atom is 0.271 e. The third kappa shape index (κ3) is 3.33. The number of aromatic nitrogens is 2.